The largest absolute Gasteiger partial charge is 0.505 e. The third kappa shape index (κ3) is 4.03. The van der Waals surface area contributed by atoms with E-state index in [1.807, 2.05) is 91.9 Å². The van der Waals surface area contributed by atoms with Gasteiger partial charge in [-0.15, -0.1) is 0 Å². The normalized spacial score (nSPS) is 11.9. The molecule has 0 unspecified atom stereocenters. The first-order chi connectivity index (χ1) is 14.7. The first kappa shape index (κ1) is 19.6. The minimum absolute atomic E-state index is 0.0582. The van der Waals surface area contributed by atoms with Gasteiger partial charge in [-0.2, -0.15) is 0 Å². The molecule has 2 N–H and O–H groups in total. The number of fused-ring (bicyclic) bond motifs is 1. The number of carbonyl (C=O) groups excluding carboxylic acids is 1. The number of aromatic nitrogens is 1. The molecule has 1 heterocycles. The van der Waals surface area contributed by atoms with Gasteiger partial charge in [0.05, 0.1) is 18.0 Å². The number of benzene rings is 3. The molecule has 0 aliphatic rings. The average Bonchev–Trinajstić information content (AvgIpc) is 2.80. The molecule has 1 aromatic heterocycles. The Balaban J connectivity index is 1.69. The Kier molecular flexibility index (Phi) is 5.75. The van der Waals surface area contributed by atoms with Gasteiger partial charge in [-0.3, -0.25) is 4.79 Å². The molecule has 0 saturated carbocycles. The van der Waals surface area contributed by atoms with Gasteiger partial charge >= 0.3 is 0 Å². The Labute approximate surface area is 176 Å². The van der Waals surface area contributed by atoms with Gasteiger partial charge in [0.25, 0.3) is 0 Å². The molecule has 4 heteroatoms. The summed E-state index contributed by atoms with van der Waals surface area (Å²) < 4.78 is 0. The number of nitrogens with one attached hydrogen (secondary N) is 1. The van der Waals surface area contributed by atoms with Crippen molar-refractivity contribution in [2.45, 2.75) is 25.8 Å². The molecule has 4 aromatic rings. The number of aromatic hydroxyl groups is 1. The third-order valence-electron chi connectivity index (χ3n) is 5.30. The molecule has 0 radical (unpaired) electrons. The highest BCUT2D eigenvalue weighted by Gasteiger charge is 2.20. The number of hydrogen-bond acceptors (Lipinski definition) is 3. The van der Waals surface area contributed by atoms with Crippen LogP contribution in [-0.2, 0) is 11.2 Å². The van der Waals surface area contributed by atoms with Crippen LogP contribution in [-0.4, -0.2) is 16.0 Å². The summed E-state index contributed by atoms with van der Waals surface area (Å²) in [6.45, 7) is 2.05. The molecule has 4 rings (SSSR count). The summed E-state index contributed by atoms with van der Waals surface area (Å²) in [5.41, 5.74) is 3.74. The highest BCUT2D eigenvalue weighted by Crippen LogP contribution is 2.35. The Morgan fingerprint density at radius 1 is 0.933 bits per heavy atom. The lowest BCUT2D eigenvalue weighted by atomic mass is 9.99. The topological polar surface area (TPSA) is 62.2 Å². The van der Waals surface area contributed by atoms with Crippen LogP contribution >= 0.6 is 0 Å². The number of amides is 1. The van der Waals surface area contributed by atoms with E-state index in [9.17, 15) is 9.90 Å². The van der Waals surface area contributed by atoms with Gasteiger partial charge in [0.15, 0.2) is 0 Å². The summed E-state index contributed by atoms with van der Waals surface area (Å²) in [6, 6.07) is 27.0. The molecule has 0 fully saturated rings. The van der Waals surface area contributed by atoms with Crippen molar-refractivity contribution in [3.05, 3.63) is 96.1 Å². The van der Waals surface area contributed by atoms with E-state index in [2.05, 4.69) is 10.3 Å². The van der Waals surface area contributed by atoms with Crippen LogP contribution in [0.4, 0.5) is 0 Å². The summed E-state index contributed by atoms with van der Waals surface area (Å²) >= 11 is 0. The number of pyridine rings is 1. The fraction of sp³-hybridized carbons (Fsp3) is 0.154. The SMILES string of the molecule is CC[C@H](NC(=O)Cc1c(O)c(-c2ccccc2)nc2ccccc12)c1ccccc1. The Morgan fingerprint density at radius 3 is 2.27 bits per heavy atom. The molecule has 0 aliphatic carbocycles. The molecule has 30 heavy (non-hydrogen) atoms. The van der Waals surface area contributed by atoms with Crippen molar-refractivity contribution in [2.24, 2.45) is 0 Å². The maximum absolute atomic E-state index is 13.0. The fourth-order valence-corrected chi connectivity index (χ4v) is 3.76. The molecule has 1 atom stereocenters. The summed E-state index contributed by atoms with van der Waals surface area (Å²) in [5, 5.41) is 15.0. The number of nitrogens with zero attached hydrogens (tertiary/aromatic N) is 1. The van der Waals surface area contributed by atoms with Crippen LogP contribution < -0.4 is 5.32 Å². The molecule has 0 saturated heterocycles. The van der Waals surface area contributed by atoms with Crippen LogP contribution in [0.3, 0.4) is 0 Å². The van der Waals surface area contributed by atoms with Crippen molar-refractivity contribution < 1.29 is 9.90 Å². The van der Waals surface area contributed by atoms with E-state index in [0.29, 0.717) is 11.3 Å². The molecule has 1 amide bonds. The van der Waals surface area contributed by atoms with Gasteiger partial charge < -0.3 is 10.4 Å². The predicted molar refractivity (Wildman–Crippen MR) is 120 cm³/mol. The van der Waals surface area contributed by atoms with Crippen LogP contribution in [0, 0.1) is 0 Å². The van der Waals surface area contributed by atoms with Gasteiger partial charge in [-0.05, 0) is 18.1 Å². The fourth-order valence-electron chi connectivity index (χ4n) is 3.76. The van der Waals surface area contributed by atoms with Gasteiger partial charge in [-0.25, -0.2) is 4.98 Å². The van der Waals surface area contributed by atoms with Crippen LogP contribution in [0.15, 0.2) is 84.9 Å². The Bertz CT molecular complexity index is 1160. The van der Waals surface area contributed by atoms with E-state index in [1.165, 1.54) is 0 Å². The molecule has 0 bridgehead atoms. The van der Waals surface area contributed by atoms with Crippen LogP contribution in [0.25, 0.3) is 22.2 Å². The Hall–Kier alpha value is -3.66. The van der Waals surface area contributed by atoms with Crippen molar-refractivity contribution in [2.75, 3.05) is 0 Å². The summed E-state index contributed by atoms with van der Waals surface area (Å²) in [4.78, 5) is 17.6. The maximum atomic E-state index is 13.0. The van der Waals surface area contributed by atoms with E-state index in [1.54, 1.807) is 0 Å². The maximum Gasteiger partial charge on any atom is 0.225 e. The monoisotopic (exact) mass is 396 g/mol. The van der Waals surface area contributed by atoms with E-state index >= 15 is 0 Å². The van der Waals surface area contributed by atoms with Crippen molar-refractivity contribution in [3.8, 4) is 17.0 Å². The quantitative estimate of drug-likeness (QED) is 0.458. The van der Waals surface area contributed by atoms with Crippen molar-refractivity contribution in [3.63, 3.8) is 0 Å². The molecule has 0 aliphatic heterocycles. The lowest BCUT2D eigenvalue weighted by molar-refractivity contribution is -0.121. The first-order valence-corrected chi connectivity index (χ1v) is 10.2. The van der Waals surface area contributed by atoms with E-state index in [4.69, 9.17) is 0 Å². The standard InChI is InChI=1S/C26H24N2O2/c1-2-22(18-11-5-3-6-12-18)27-24(29)17-21-20-15-9-10-16-23(20)28-25(26(21)30)19-13-7-4-8-14-19/h3-16,22,30H,2,17H2,1H3,(H,27,29)/t22-/m0/s1. The van der Waals surface area contributed by atoms with E-state index in [-0.39, 0.29) is 24.1 Å². The molecule has 0 spiro atoms. The molecular weight excluding hydrogens is 372 g/mol. The second-order valence-corrected chi connectivity index (χ2v) is 7.29. The van der Waals surface area contributed by atoms with Crippen molar-refractivity contribution >= 4 is 16.8 Å². The smallest absolute Gasteiger partial charge is 0.225 e. The van der Waals surface area contributed by atoms with Crippen LogP contribution in [0.2, 0.25) is 0 Å². The molecule has 150 valence electrons. The van der Waals surface area contributed by atoms with E-state index in [0.717, 1.165) is 28.5 Å². The van der Waals surface area contributed by atoms with Gasteiger partial charge in [0, 0.05) is 16.5 Å². The second kappa shape index (κ2) is 8.78. The average molecular weight is 396 g/mol. The summed E-state index contributed by atoms with van der Waals surface area (Å²) in [6.07, 6.45) is 0.867. The highest BCUT2D eigenvalue weighted by atomic mass is 16.3. The molecular formula is C26H24N2O2. The molecule has 3 aromatic carbocycles. The minimum Gasteiger partial charge on any atom is -0.505 e. The van der Waals surface area contributed by atoms with Gasteiger partial charge in [-0.1, -0.05) is 85.8 Å². The molecule has 4 nitrogen and oxygen atoms in total. The predicted octanol–water partition coefficient (Wildman–Crippen LogP) is 5.42. The lowest BCUT2D eigenvalue weighted by Crippen LogP contribution is -2.29. The zero-order chi connectivity index (χ0) is 20.9. The zero-order valence-corrected chi connectivity index (χ0v) is 16.9. The third-order valence-corrected chi connectivity index (χ3v) is 5.30. The summed E-state index contributed by atoms with van der Waals surface area (Å²) in [7, 11) is 0. The van der Waals surface area contributed by atoms with E-state index < -0.39 is 0 Å². The summed E-state index contributed by atoms with van der Waals surface area (Å²) in [5.74, 6) is -0.0702. The van der Waals surface area contributed by atoms with Crippen LogP contribution in [0.5, 0.6) is 5.75 Å². The second-order valence-electron chi connectivity index (χ2n) is 7.29. The number of hydrogen-bond donors (Lipinski definition) is 2. The number of rotatable bonds is 6. The minimum atomic E-state index is -0.128. The van der Waals surface area contributed by atoms with Gasteiger partial charge in [0.1, 0.15) is 11.4 Å². The van der Waals surface area contributed by atoms with Gasteiger partial charge in [0.2, 0.25) is 5.91 Å². The Morgan fingerprint density at radius 2 is 1.57 bits per heavy atom. The zero-order valence-electron chi connectivity index (χ0n) is 16.9. The number of carbonyl (C=O) groups is 1. The van der Waals surface area contributed by atoms with Crippen molar-refractivity contribution in [1.82, 2.24) is 10.3 Å². The lowest BCUT2D eigenvalue weighted by Gasteiger charge is -2.19. The number of para-hydroxylation sites is 1. The van der Waals surface area contributed by atoms with Crippen molar-refractivity contribution in [1.29, 1.82) is 0 Å². The van der Waals surface area contributed by atoms with Crippen LogP contribution in [0.1, 0.15) is 30.5 Å². The first-order valence-electron chi connectivity index (χ1n) is 10.2. The highest BCUT2D eigenvalue weighted by molar-refractivity contribution is 5.93.